The van der Waals surface area contributed by atoms with Crippen LogP contribution >= 0.6 is 0 Å². The highest BCUT2D eigenvalue weighted by Crippen LogP contribution is 2.25. The predicted octanol–water partition coefficient (Wildman–Crippen LogP) is 1.85. The number of piperazine rings is 1. The summed E-state index contributed by atoms with van der Waals surface area (Å²) in [4.78, 5) is 38.0. The van der Waals surface area contributed by atoms with Gasteiger partial charge < -0.3 is 14.7 Å². The van der Waals surface area contributed by atoms with E-state index < -0.39 is 0 Å². The van der Waals surface area contributed by atoms with Crippen molar-refractivity contribution in [1.82, 2.24) is 19.8 Å². The van der Waals surface area contributed by atoms with Crippen LogP contribution in [-0.2, 0) is 11.2 Å². The predicted molar refractivity (Wildman–Crippen MR) is 111 cm³/mol. The molecule has 7 nitrogen and oxygen atoms in total. The molecule has 2 saturated heterocycles. The maximum absolute atomic E-state index is 12.8. The van der Waals surface area contributed by atoms with E-state index in [0.29, 0.717) is 37.8 Å². The smallest absolute Gasteiger partial charge is 0.272 e. The minimum Gasteiger partial charge on any atom is -0.356 e. The zero-order valence-electron chi connectivity index (χ0n) is 16.6. The van der Waals surface area contributed by atoms with Gasteiger partial charge in [-0.3, -0.25) is 9.59 Å². The van der Waals surface area contributed by atoms with Gasteiger partial charge in [-0.05, 0) is 30.7 Å². The summed E-state index contributed by atoms with van der Waals surface area (Å²) in [6.45, 7) is 4.12. The Balaban J connectivity index is 1.34. The normalized spacial score (nSPS) is 18.0. The molecule has 0 unspecified atom stereocenters. The quantitative estimate of drug-likeness (QED) is 0.725. The number of hydrogen-bond acceptors (Lipinski definition) is 5. The summed E-state index contributed by atoms with van der Waals surface area (Å²) in [5.74, 6) is 1.43. The minimum atomic E-state index is -0.0850. The maximum atomic E-state index is 12.8. The van der Waals surface area contributed by atoms with Gasteiger partial charge in [0.1, 0.15) is 17.8 Å². The first-order chi connectivity index (χ1) is 14.2. The highest BCUT2D eigenvalue weighted by atomic mass is 16.2. The van der Waals surface area contributed by atoms with E-state index >= 15 is 0 Å². The van der Waals surface area contributed by atoms with Crippen LogP contribution in [0.1, 0.15) is 28.9 Å². The number of benzene rings is 1. The molecule has 0 N–H and O–H groups in total. The highest BCUT2D eigenvalue weighted by molar-refractivity contribution is 5.93. The van der Waals surface area contributed by atoms with Gasteiger partial charge in [-0.25, -0.2) is 9.97 Å². The lowest BCUT2D eigenvalue weighted by Crippen LogP contribution is -2.48. The van der Waals surface area contributed by atoms with Gasteiger partial charge in [-0.1, -0.05) is 30.3 Å². The van der Waals surface area contributed by atoms with E-state index in [4.69, 9.17) is 0 Å². The summed E-state index contributed by atoms with van der Waals surface area (Å²) in [6.07, 6.45) is 5.69. The van der Waals surface area contributed by atoms with Crippen molar-refractivity contribution in [1.29, 1.82) is 0 Å². The largest absolute Gasteiger partial charge is 0.356 e. The standard InChI is InChI=1S/C22H27N5O2/c28-17-25-10-12-27(13-11-25)22(29)20-15-21(24-16-23-20)26-8-6-19(7-9-26)14-18-4-2-1-3-5-18/h1-5,15-17,19H,6-14H2. The van der Waals surface area contributed by atoms with Crippen LogP contribution in [0.3, 0.4) is 0 Å². The van der Waals surface area contributed by atoms with Crippen LogP contribution in [0.2, 0.25) is 0 Å². The molecule has 152 valence electrons. The fourth-order valence-corrected chi connectivity index (χ4v) is 4.14. The van der Waals surface area contributed by atoms with Gasteiger partial charge in [0, 0.05) is 45.3 Å². The van der Waals surface area contributed by atoms with Crippen LogP contribution in [-0.4, -0.2) is 71.4 Å². The summed E-state index contributed by atoms with van der Waals surface area (Å²) in [6, 6.07) is 12.5. The van der Waals surface area contributed by atoms with Gasteiger partial charge in [0.25, 0.3) is 5.91 Å². The van der Waals surface area contributed by atoms with Crippen molar-refractivity contribution in [3.05, 3.63) is 54.0 Å². The molecule has 0 aliphatic carbocycles. The Morgan fingerprint density at radius 1 is 1.00 bits per heavy atom. The second kappa shape index (κ2) is 9.03. The molecule has 1 aromatic carbocycles. The number of hydrogen-bond donors (Lipinski definition) is 0. The number of aromatic nitrogens is 2. The first-order valence-electron chi connectivity index (χ1n) is 10.3. The van der Waals surface area contributed by atoms with E-state index in [-0.39, 0.29) is 5.91 Å². The van der Waals surface area contributed by atoms with Crippen LogP contribution in [0.25, 0.3) is 0 Å². The van der Waals surface area contributed by atoms with Crippen LogP contribution in [0.15, 0.2) is 42.7 Å². The zero-order chi connectivity index (χ0) is 20.1. The molecule has 2 aliphatic heterocycles. The summed E-state index contributed by atoms with van der Waals surface area (Å²) >= 11 is 0. The van der Waals surface area contributed by atoms with Crippen LogP contribution < -0.4 is 4.90 Å². The SMILES string of the molecule is O=CN1CCN(C(=O)c2cc(N3CCC(Cc4ccccc4)CC3)ncn2)CC1. The third-order valence-electron chi connectivity index (χ3n) is 5.93. The number of piperidine rings is 1. The number of carbonyl (C=O) groups excluding carboxylic acids is 2. The minimum absolute atomic E-state index is 0.0850. The lowest BCUT2D eigenvalue weighted by Gasteiger charge is -2.34. The van der Waals surface area contributed by atoms with Gasteiger partial charge in [0.2, 0.25) is 6.41 Å². The molecule has 3 heterocycles. The monoisotopic (exact) mass is 393 g/mol. The third kappa shape index (κ3) is 4.72. The fraction of sp³-hybridized carbons (Fsp3) is 0.455. The van der Waals surface area contributed by atoms with Crippen molar-refractivity contribution in [2.45, 2.75) is 19.3 Å². The summed E-state index contributed by atoms with van der Waals surface area (Å²) in [5.41, 5.74) is 1.83. The van der Waals surface area contributed by atoms with Crippen molar-refractivity contribution in [3.63, 3.8) is 0 Å². The molecule has 0 saturated carbocycles. The molecule has 0 bridgehead atoms. The van der Waals surface area contributed by atoms with Gasteiger partial charge >= 0.3 is 0 Å². The molecule has 2 fully saturated rings. The number of amides is 2. The van der Waals surface area contributed by atoms with Crippen LogP contribution in [0.5, 0.6) is 0 Å². The van der Waals surface area contributed by atoms with Gasteiger partial charge in [0.15, 0.2) is 0 Å². The number of carbonyl (C=O) groups is 2. The molecule has 2 amide bonds. The Bertz CT molecular complexity index is 828. The number of anilines is 1. The van der Waals surface area contributed by atoms with Crippen molar-refractivity contribution in [2.24, 2.45) is 5.92 Å². The molecule has 7 heteroatoms. The third-order valence-corrected chi connectivity index (χ3v) is 5.93. The van der Waals surface area contributed by atoms with Crippen LogP contribution in [0.4, 0.5) is 5.82 Å². The molecule has 2 aromatic rings. The molecule has 29 heavy (non-hydrogen) atoms. The van der Waals surface area contributed by atoms with Gasteiger partial charge in [0.05, 0.1) is 0 Å². The van der Waals surface area contributed by atoms with E-state index in [1.165, 1.54) is 11.9 Å². The van der Waals surface area contributed by atoms with E-state index in [1.807, 2.05) is 6.07 Å². The number of nitrogens with zero attached hydrogens (tertiary/aromatic N) is 5. The lowest BCUT2D eigenvalue weighted by molar-refractivity contribution is -0.119. The molecule has 4 rings (SSSR count). The molecule has 2 aliphatic rings. The summed E-state index contributed by atoms with van der Waals surface area (Å²) < 4.78 is 0. The summed E-state index contributed by atoms with van der Waals surface area (Å²) in [7, 11) is 0. The second-order valence-corrected chi connectivity index (χ2v) is 7.82. The van der Waals surface area contributed by atoms with E-state index in [0.717, 1.165) is 44.6 Å². The average molecular weight is 393 g/mol. The fourth-order valence-electron chi connectivity index (χ4n) is 4.14. The Hall–Kier alpha value is -2.96. The first kappa shape index (κ1) is 19.4. The van der Waals surface area contributed by atoms with E-state index in [2.05, 4.69) is 45.2 Å². The Morgan fingerprint density at radius 2 is 1.72 bits per heavy atom. The maximum Gasteiger partial charge on any atom is 0.272 e. The molecule has 0 spiro atoms. The lowest BCUT2D eigenvalue weighted by atomic mass is 9.90. The Kier molecular flexibility index (Phi) is 6.03. The zero-order valence-corrected chi connectivity index (χ0v) is 16.6. The molecular weight excluding hydrogens is 366 g/mol. The van der Waals surface area contributed by atoms with Crippen LogP contribution in [0, 0.1) is 5.92 Å². The van der Waals surface area contributed by atoms with Gasteiger partial charge in [-0.2, -0.15) is 0 Å². The first-order valence-corrected chi connectivity index (χ1v) is 10.3. The topological polar surface area (TPSA) is 69.6 Å². The molecule has 0 radical (unpaired) electrons. The van der Waals surface area contributed by atoms with Crippen molar-refractivity contribution in [3.8, 4) is 0 Å². The Labute approximate surface area is 171 Å². The van der Waals surface area contributed by atoms with Crippen molar-refractivity contribution < 1.29 is 9.59 Å². The Morgan fingerprint density at radius 3 is 2.41 bits per heavy atom. The second-order valence-electron chi connectivity index (χ2n) is 7.82. The highest BCUT2D eigenvalue weighted by Gasteiger charge is 2.25. The van der Waals surface area contributed by atoms with Crippen molar-refractivity contribution in [2.75, 3.05) is 44.2 Å². The molecular formula is C22H27N5O2. The van der Waals surface area contributed by atoms with Gasteiger partial charge in [-0.15, -0.1) is 0 Å². The van der Waals surface area contributed by atoms with E-state index in [9.17, 15) is 9.59 Å². The number of rotatable bonds is 5. The summed E-state index contributed by atoms with van der Waals surface area (Å²) in [5, 5.41) is 0. The van der Waals surface area contributed by atoms with E-state index in [1.54, 1.807) is 9.80 Å². The van der Waals surface area contributed by atoms with Crippen molar-refractivity contribution >= 4 is 18.1 Å². The average Bonchev–Trinajstić information content (AvgIpc) is 2.80. The molecule has 0 atom stereocenters. The molecule has 1 aromatic heterocycles.